The average molecular weight is 483 g/mol. The van der Waals surface area contributed by atoms with E-state index in [-0.39, 0.29) is 5.91 Å². The normalized spacial score (nSPS) is 11.4. The number of esters is 1. The van der Waals surface area contributed by atoms with Gasteiger partial charge in [0, 0.05) is 17.9 Å². The number of anilines is 1. The van der Waals surface area contributed by atoms with E-state index in [0.717, 1.165) is 30.7 Å². The molecule has 0 aliphatic carbocycles. The zero-order valence-electron chi connectivity index (χ0n) is 20.6. The van der Waals surface area contributed by atoms with Crippen molar-refractivity contribution in [2.75, 3.05) is 18.2 Å². The van der Waals surface area contributed by atoms with Crippen LogP contribution >= 0.6 is 11.8 Å². The van der Waals surface area contributed by atoms with E-state index in [0.29, 0.717) is 40.1 Å². The van der Waals surface area contributed by atoms with Crippen LogP contribution in [-0.2, 0) is 9.53 Å². The van der Waals surface area contributed by atoms with Crippen LogP contribution in [-0.4, -0.2) is 29.7 Å². The molecule has 1 amide bonds. The lowest BCUT2D eigenvalue weighted by Crippen LogP contribution is -2.15. The maximum Gasteiger partial charge on any atom is 0.340 e. The molecular weight excluding hydrogens is 448 g/mol. The molecule has 0 unspecified atom stereocenters. The zero-order chi connectivity index (χ0) is 24.7. The Morgan fingerprint density at radius 3 is 2.32 bits per heavy atom. The van der Waals surface area contributed by atoms with Crippen molar-refractivity contribution in [2.45, 2.75) is 70.4 Å². The Bertz CT molecular complexity index is 1110. The quantitative estimate of drug-likeness (QED) is 0.177. The maximum atomic E-state index is 12.6. The monoisotopic (exact) mass is 482 g/mol. The topological polar surface area (TPSA) is 81.4 Å². The number of thioether (sulfide) groups is 1. The van der Waals surface area contributed by atoms with E-state index in [4.69, 9.17) is 9.15 Å². The summed E-state index contributed by atoms with van der Waals surface area (Å²) in [6.45, 7) is 8.61. The average Bonchev–Trinajstić information content (AvgIpc) is 3.23. The molecule has 0 fully saturated rings. The summed E-state index contributed by atoms with van der Waals surface area (Å²) in [4.78, 5) is 29.0. The van der Waals surface area contributed by atoms with Gasteiger partial charge in [-0.25, -0.2) is 9.78 Å². The van der Waals surface area contributed by atoms with Crippen molar-refractivity contribution in [3.8, 4) is 0 Å². The summed E-state index contributed by atoms with van der Waals surface area (Å²) in [5.41, 5.74) is 4.85. The predicted molar refractivity (Wildman–Crippen MR) is 138 cm³/mol. The fourth-order valence-electron chi connectivity index (χ4n) is 3.89. The lowest BCUT2D eigenvalue weighted by atomic mass is 9.92. The molecule has 1 N–H and O–H groups in total. The van der Waals surface area contributed by atoms with Crippen molar-refractivity contribution in [3.63, 3.8) is 0 Å². The molecule has 7 heteroatoms. The first-order valence-electron chi connectivity index (χ1n) is 11.8. The number of hydrogen-bond donors (Lipinski definition) is 1. The van der Waals surface area contributed by atoms with Crippen LogP contribution in [0.25, 0.3) is 11.1 Å². The van der Waals surface area contributed by atoms with Crippen LogP contribution in [0, 0.1) is 0 Å². The SMILES string of the molecule is COC(=O)c1cccc2oc(SCCCCCC(=O)Nc3c(C(C)C)cccc3C(C)C)nc12. The van der Waals surface area contributed by atoms with Gasteiger partial charge in [0.05, 0.1) is 12.7 Å². The van der Waals surface area contributed by atoms with Gasteiger partial charge in [0.15, 0.2) is 5.58 Å². The maximum absolute atomic E-state index is 12.6. The van der Waals surface area contributed by atoms with Crippen LogP contribution in [0.1, 0.15) is 86.7 Å². The number of benzene rings is 2. The number of fused-ring (bicyclic) bond motifs is 1. The molecule has 0 atom stereocenters. The van der Waals surface area contributed by atoms with Gasteiger partial charge in [-0.1, -0.05) is 70.1 Å². The molecule has 182 valence electrons. The Labute approximate surface area is 205 Å². The van der Waals surface area contributed by atoms with Crippen LogP contribution in [0.15, 0.2) is 46.0 Å². The number of para-hydroxylation sites is 2. The van der Waals surface area contributed by atoms with E-state index < -0.39 is 5.97 Å². The van der Waals surface area contributed by atoms with Crippen LogP contribution in [0.3, 0.4) is 0 Å². The Hall–Kier alpha value is -2.80. The number of nitrogens with one attached hydrogen (secondary N) is 1. The number of nitrogens with zero attached hydrogens (tertiary/aromatic N) is 1. The highest BCUT2D eigenvalue weighted by Crippen LogP contribution is 2.32. The molecule has 1 aromatic heterocycles. The van der Waals surface area contributed by atoms with E-state index in [1.165, 1.54) is 30.0 Å². The van der Waals surface area contributed by atoms with Gasteiger partial charge >= 0.3 is 5.97 Å². The van der Waals surface area contributed by atoms with Gasteiger partial charge in [0.25, 0.3) is 5.22 Å². The molecule has 0 saturated heterocycles. The van der Waals surface area contributed by atoms with Crippen LogP contribution in [0.2, 0.25) is 0 Å². The highest BCUT2D eigenvalue weighted by atomic mass is 32.2. The van der Waals surface area contributed by atoms with Gasteiger partial charge in [-0.2, -0.15) is 0 Å². The third kappa shape index (κ3) is 6.41. The predicted octanol–water partition coefficient (Wildman–Crippen LogP) is 7.15. The number of unbranched alkanes of at least 4 members (excludes halogenated alkanes) is 2. The van der Waals surface area contributed by atoms with Crippen molar-refractivity contribution >= 4 is 40.4 Å². The number of rotatable bonds is 11. The highest BCUT2D eigenvalue weighted by Gasteiger charge is 2.17. The van der Waals surface area contributed by atoms with Crippen LogP contribution in [0.5, 0.6) is 0 Å². The Morgan fingerprint density at radius 2 is 1.68 bits per heavy atom. The largest absolute Gasteiger partial charge is 0.465 e. The van der Waals surface area contributed by atoms with Crippen LogP contribution in [0.4, 0.5) is 5.69 Å². The summed E-state index contributed by atoms with van der Waals surface area (Å²) < 4.78 is 10.6. The van der Waals surface area contributed by atoms with Gasteiger partial charge in [-0.05, 0) is 47.9 Å². The number of aromatic nitrogens is 1. The number of amides is 1. The molecule has 0 saturated carbocycles. The standard InChI is InChI=1S/C27H34N2O4S/c1-17(2)19-11-9-12-20(18(3)4)24(19)28-23(30)15-7-6-8-16-34-27-29-25-21(26(31)32-5)13-10-14-22(25)33-27/h9-14,17-18H,6-8,15-16H2,1-5H3,(H,28,30). The number of carbonyl (C=O) groups is 2. The van der Waals surface area contributed by atoms with Crippen molar-refractivity contribution in [1.82, 2.24) is 4.98 Å². The van der Waals surface area contributed by atoms with E-state index in [1.807, 2.05) is 0 Å². The third-order valence-corrected chi connectivity index (χ3v) is 6.63. The van der Waals surface area contributed by atoms with Gasteiger partial charge in [0.2, 0.25) is 5.91 Å². The summed E-state index contributed by atoms with van der Waals surface area (Å²) in [6, 6.07) is 11.5. The summed E-state index contributed by atoms with van der Waals surface area (Å²) in [5.74, 6) is 1.17. The summed E-state index contributed by atoms with van der Waals surface area (Å²) in [5, 5.41) is 3.72. The first-order chi connectivity index (χ1) is 16.3. The fourth-order valence-corrected chi connectivity index (χ4v) is 4.71. The molecule has 1 heterocycles. The van der Waals surface area contributed by atoms with Crippen molar-refractivity contribution in [3.05, 3.63) is 53.1 Å². The molecule has 2 aromatic carbocycles. The van der Waals surface area contributed by atoms with E-state index in [2.05, 4.69) is 56.2 Å². The Morgan fingerprint density at radius 1 is 1.00 bits per heavy atom. The molecule has 0 aliphatic heterocycles. The number of ether oxygens (including phenoxy) is 1. The summed E-state index contributed by atoms with van der Waals surface area (Å²) in [6.07, 6.45) is 3.21. The first-order valence-corrected chi connectivity index (χ1v) is 12.8. The number of methoxy groups -OCH3 is 1. The number of hydrogen-bond acceptors (Lipinski definition) is 6. The number of carbonyl (C=O) groups excluding carboxylic acids is 2. The van der Waals surface area contributed by atoms with Gasteiger partial charge < -0.3 is 14.5 Å². The van der Waals surface area contributed by atoms with Gasteiger partial charge in [-0.3, -0.25) is 4.79 Å². The van der Waals surface area contributed by atoms with E-state index >= 15 is 0 Å². The van der Waals surface area contributed by atoms with Gasteiger partial charge in [0.1, 0.15) is 5.52 Å². The minimum atomic E-state index is -0.426. The van der Waals surface area contributed by atoms with Crippen molar-refractivity contribution in [1.29, 1.82) is 0 Å². The molecule has 6 nitrogen and oxygen atoms in total. The zero-order valence-corrected chi connectivity index (χ0v) is 21.5. The summed E-state index contributed by atoms with van der Waals surface area (Å²) in [7, 11) is 1.35. The lowest BCUT2D eigenvalue weighted by molar-refractivity contribution is -0.116. The molecule has 3 aromatic rings. The molecule has 0 radical (unpaired) electrons. The number of oxazole rings is 1. The van der Waals surface area contributed by atoms with Crippen LogP contribution < -0.4 is 5.32 Å². The second-order valence-corrected chi connectivity index (χ2v) is 10.00. The first kappa shape index (κ1) is 25.8. The third-order valence-electron chi connectivity index (χ3n) is 5.72. The van der Waals surface area contributed by atoms with Crippen molar-refractivity contribution in [2.24, 2.45) is 0 Å². The van der Waals surface area contributed by atoms with Gasteiger partial charge in [-0.15, -0.1) is 0 Å². The minimum Gasteiger partial charge on any atom is -0.465 e. The second-order valence-electron chi connectivity index (χ2n) is 8.95. The molecule has 0 spiro atoms. The molecule has 0 aliphatic rings. The molecular formula is C27H34N2O4S. The molecule has 3 rings (SSSR count). The molecule has 0 bridgehead atoms. The smallest absolute Gasteiger partial charge is 0.340 e. The Kier molecular flexibility index (Phi) is 9.16. The minimum absolute atomic E-state index is 0.0666. The Balaban J connectivity index is 1.46. The lowest BCUT2D eigenvalue weighted by Gasteiger charge is -2.20. The summed E-state index contributed by atoms with van der Waals surface area (Å²) >= 11 is 1.52. The second kappa shape index (κ2) is 12.1. The van der Waals surface area contributed by atoms with E-state index in [9.17, 15) is 9.59 Å². The molecule has 34 heavy (non-hydrogen) atoms. The van der Waals surface area contributed by atoms with Crippen molar-refractivity contribution < 1.29 is 18.7 Å². The fraction of sp³-hybridized carbons (Fsp3) is 0.444. The van der Waals surface area contributed by atoms with E-state index in [1.54, 1.807) is 18.2 Å². The highest BCUT2D eigenvalue weighted by molar-refractivity contribution is 7.99.